The number of aryl methyl sites for hydroxylation is 1. The molecule has 0 aliphatic heterocycles. The third kappa shape index (κ3) is 5.18. The van der Waals surface area contributed by atoms with Gasteiger partial charge in [-0.25, -0.2) is 4.79 Å². The van der Waals surface area contributed by atoms with Gasteiger partial charge in [0.05, 0.1) is 24.8 Å². The smallest absolute Gasteiger partial charge is 0.356 e. The van der Waals surface area contributed by atoms with E-state index >= 15 is 0 Å². The summed E-state index contributed by atoms with van der Waals surface area (Å²) < 4.78 is 7.19. The Morgan fingerprint density at radius 2 is 1.88 bits per heavy atom. The van der Waals surface area contributed by atoms with Gasteiger partial charge in [0, 0.05) is 10.8 Å². The van der Waals surface area contributed by atoms with Crippen molar-refractivity contribution in [3.63, 3.8) is 0 Å². The molecule has 1 aliphatic rings. The number of amides is 1. The van der Waals surface area contributed by atoms with Gasteiger partial charge in [-0.1, -0.05) is 55.8 Å². The molecule has 0 atom stereocenters. The molecule has 0 spiro atoms. The first-order valence-electron chi connectivity index (χ1n) is 11.6. The first kappa shape index (κ1) is 23.7. The number of rotatable bonds is 8. The van der Waals surface area contributed by atoms with Gasteiger partial charge in [-0.05, 0) is 48.9 Å². The molecule has 1 aliphatic carbocycles. The van der Waals surface area contributed by atoms with Gasteiger partial charge in [0.1, 0.15) is 5.69 Å². The molecule has 1 aromatic heterocycles. The van der Waals surface area contributed by atoms with Gasteiger partial charge in [-0.15, -0.1) is 11.3 Å². The number of nitriles is 1. The first-order valence-corrected chi connectivity index (χ1v) is 12.4. The molecule has 7 heteroatoms. The van der Waals surface area contributed by atoms with Gasteiger partial charge in [0.15, 0.2) is 4.80 Å². The summed E-state index contributed by atoms with van der Waals surface area (Å²) in [6, 6.07) is 17.6. The molecule has 0 radical (unpaired) electrons. The van der Waals surface area contributed by atoms with Crippen molar-refractivity contribution in [1.82, 2.24) is 4.57 Å². The largest absolute Gasteiger partial charge is 0.461 e. The number of benzene rings is 2. The maximum atomic E-state index is 12.9. The minimum Gasteiger partial charge on any atom is -0.461 e. The molecule has 1 amide bonds. The second-order valence-corrected chi connectivity index (χ2v) is 9.35. The average molecular weight is 474 g/mol. The standard InChI is InChI=1S/C27H27N3O3S/c1-3-7-23-24(26(32)33-4-2)30(27(34-23)29-25(31)20-14-15-20)17-18-10-12-19(13-11-18)22-9-6-5-8-21(22)16-28/h5-6,8-13,20H,3-4,7,14-15,17H2,1-2H3. The van der Waals surface area contributed by atoms with Crippen LogP contribution < -0.4 is 4.80 Å². The summed E-state index contributed by atoms with van der Waals surface area (Å²) >= 11 is 1.40. The minimum absolute atomic E-state index is 0.00991. The van der Waals surface area contributed by atoms with Crippen LogP contribution in [0.25, 0.3) is 11.1 Å². The molecule has 1 fully saturated rings. The maximum absolute atomic E-state index is 12.9. The Morgan fingerprint density at radius 3 is 2.53 bits per heavy atom. The number of carbonyl (C=O) groups is 2. The molecule has 0 N–H and O–H groups in total. The zero-order chi connectivity index (χ0) is 24.1. The van der Waals surface area contributed by atoms with Crippen LogP contribution in [0.5, 0.6) is 0 Å². The molecule has 0 unspecified atom stereocenters. The highest BCUT2D eigenvalue weighted by Crippen LogP contribution is 2.30. The molecule has 1 saturated carbocycles. The SMILES string of the molecule is CCCc1sc(=NC(=O)C2CC2)n(Cc2ccc(-c3ccccc3C#N)cc2)c1C(=O)OCC. The van der Waals surface area contributed by atoms with Crippen LogP contribution in [0.4, 0.5) is 0 Å². The summed E-state index contributed by atoms with van der Waals surface area (Å²) in [7, 11) is 0. The lowest BCUT2D eigenvalue weighted by Gasteiger charge is -2.11. The molecular weight excluding hydrogens is 446 g/mol. The van der Waals surface area contributed by atoms with E-state index in [1.807, 2.05) is 47.0 Å². The highest BCUT2D eigenvalue weighted by molar-refractivity contribution is 7.09. The number of hydrogen-bond donors (Lipinski definition) is 0. The Morgan fingerprint density at radius 1 is 1.15 bits per heavy atom. The topological polar surface area (TPSA) is 84.5 Å². The molecule has 0 bridgehead atoms. The van der Waals surface area contributed by atoms with Crippen molar-refractivity contribution in [2.24, 2.45) is 10.9 Å². The van der Waals surface area contributed by atoms with Crippen molar-refractivity contribution >= 4 is 23.2 Å². The Kier molecular flexibility index (Phi) is 7.39. The van der Waals surface area contributed by atoms with Gasteiger partial charge in [0.2, 0.25) is 0 Å². The highest BCUT2D eigenvalue weighted by Gasteiger charge is 2.30. The van der Waals surface area contributed by atoms with Crippen molar-refractivity contribution in [2.45, 2.75) is 46.1 Å². The van der Waals surface area contributed by atoms with E-state index in [0.717, 1.165) is 47.3 Å². The number of hydrogen-bond acceptors (Lipinski definition) is 5. The molecule has 0 saturated heterocycles. The summed E-state index contributed by atoms with van der Waals surface area (Å²) in [5.74, 6) is -0.491. The highest BCUT2D eigenvalue weighted by atomic mass is 32.1. The van der Waals surface area contributed by atoms with E-state index in [4.69, 9.17) is 4.74 Å². The molecule has 1 heterocycles. The van der Waals surface area contributed by atoms with E-state index in [2.05, 4.69) is 18.0 Å². The van der Waals surface area contributed by atoms with Crippen LogP contribution in [0.3, 0.4) is 0 Å². The van der Waals surface area contributed by atoms with Gasteiger partial charge in [0.25, 0.3) is 5.91 Å². The maximum Gasteiger partial charge on any atom is 0.356 e. The molecule has 2 aromatic carbocycles. The zero-order valence-corrected chi connectivity index (χ0v) is 20.2. The zero-order valence-electron chi connectivity index (χ0n) is 19.4. The lowest BCUT2D eigenvalue weighted by Crippen LogP contribution is -2.24. The van der Waals surface area contributed by atoms with E-state index in [0.29, 0.717) is 22.6 Å². The van der Waals surface area contributed by atoms with Crippen LogP contribution in [0.1, 0.15) is 59.6 Å². The van der Waals surface area contributed by atoms with Crippen molar-refractivity contribution in [3.05, 3.63) is 75.0 Å². The minimum atomic E-state index is -0.387. The van der Waals surface area contributed by atoms with Gasteiger partial charge in [-0.2, -0.15) is 10.3 Å². The lowest BCUT2D eigenvalue weighted by molar-refractivity contribution is -0.119. The third-order valence-corrected chi connectivity index (χ3v) is 6.85. The van der Waals surface area contributed by atoms with Gasteiger partial charge < -0.3 is 9.30 Å². The van der Waals surface area contributed by atoms with E-state index < -0.39 is 0 Å². The fourth-order valence-electron chi connectivity index (χ4n) is 3.83. The van der Waals surface area contributed by atoms with Crippen LogP contribution in [0.15, 0.2) is 53.5 Å². The monoisotopic (exact) mass is 473 g/mol. The van der Waals surface area contributed by atoms with Crippen LogP contribution in [0, 0.1) is 17.2 Å². The summed E-state index contributed by atoms with van der Waals surface area (Å²) in [6.45, 7) is 4.52. The Balaban J connectivity index is 1.74. The third-order valence-electron chi connectivity index (χ3n) is 5.71. The molecule has 4 rings (SSSR count). The van der Waals surface area contributed by atoms with Crippen LogP contribution in [-0.4, -0.2) is 23.1 Å². The summed E-state index contributed by atoms with van der Waals surface area (Å²) in [5.41, 5.74) is 3.89. The quantitative estimate of drug-likeness (QED) is 0.426. The van der Waals surface area contributed by atoms with E-state index in [9.17, 15) is 14.9 Å². The first-order chi connectivity index (χ1) is 16.5. The summed E-state index contributed by atoms with van der Waals surface area (Å²) in [5, 5.41) is 9.41. The average Bonchev–Trinajstić information content (AvgIpc) is 3.65. The predicted octanol–water partition coefficient (Wildman–Crippen LogP) is 5.10. The predicted molar refractivity (Wildman–Crippen MR) is 131 cm³/mol. The molecule has 174 valence electrons. The van der Waals surface area contributed by atoms with E-state index in [1.54, 1.807) is 13.0 Å². The second-order valence-electron chi connectivity index (χ2n) is 8.29. The summed E-state index contributed by atoms with van der Waals surface area (Å²) in [4.78, 5) is 31.3. The van der Waals surface area contributed by atoms with Crippen LogP contribution >= 0.6 is 11.3 Å². The lowest BCUT2D eigenvalue weighted by atomic mass is 9.99. The molecular formula is C27H27N3O3S. The Bertz CT molecular complexity index is 1310. The van der Waals surface area contributed by atoms with Crippen molar-refractivity contribution < 1.29 is 14.3 Å². The van der Waals surface area contributed by atoms with Crippen molar-refractivity contribution in [2.75, 3.05) is 6.61 Å². The fraction of sp³-hybridized carbons (Fsp3) is 0.333. The molecule has 3 aromatic rings. The number of nitrogens with zero attached hydrogens (tertiary/aromatic N) is 3. The van der Waals surface area contributed by atoms with E-state index in [1.165, 1.54) is 11.3 Å². The number of esters is 1. The number of aromatic nitrogens is 1. The van der Waals surface area contributed by atoms with Crippen molar-refractivity contribution in [3.8, 4) is 17.2 Å². The molecule has 6 nitrogen and oxygen atoms in total. The fourth-order valence-corrected chi connectivity index (χ4v) is 5.05. The van der Waals surface area contributed by atoms with Crippen LogP contribution in [0.2, 0.25) is 0 Å². The Hall–Kier alpha value is -3.50. The Labute approximate surface area is 203 Å². The normalized spacial score (nSPS) is 13.5. The van der Waals surface area contributed by atoms with E-state index in [-0.39, 0.29) is 24.4 Å². The number of ether oxygens (including phenoxy) is 1. The number of thiazole rings is 1. The summed E-state index contributed by atoms with van der Waals surface area (Å²) in [6.07, 6.45) is 3.35. The van der Waals surface area contributed by atoms with Gasteiger partial charge >= 0.3 is 5.97 Å². The van der Waals surface area contributed by atoms with Crippen molar-refractivity contribution in [1.29, 1.82) is 5.26 Å². The molecule has 34 heavy (non-hydrogen) atoms. The second kappa shape index (κ2) is 10.6. The number of carbonyl (C=O) groups excluding carboxylic acids is 2. The van der Waals surface area contributed by atoms with Crippen LogP contribution in [-0.2, 0) is 22.5 Å². The van der Waals surface area contributed by atoms with Gasteiger partial charge in [-0.3, -0.25) is 4.79 Å².